The van der Waals surface area contributed by atoms with E-state index >= 15 is 0 Å². The molecule has 2 amide bonds. The number of rotatable bonds is 5. The van der Waals surface area contributed by atoms with Gasteiger partial charge in [0.1, 0.15) is 5.75 Å². The highest BCUT2D eigenvalue weighted by Gasteiger charge is 2.29. The number of benzene rings is 1. The minimum atomic E-state index is 0.130. The summed E-state index contributed by atoms with van der Waals surface area (Å²) in [5, 5.41) is 2.98. The Morgan fingerprint density at radius 2 is 1.77 bits per heavy atom. The second-order valence-corrected chi connectivity index (χ2v) is 7.92. The molecule has 1 N–H and O–H groups in total. The van der Waals surface area contributed by atoms with E-state index in [9.17, 15) is 4.79 Å². The summed E-state index contributed by atoms with van der Waals surface area (Å²) in [7, 11) is 0. The van der Waals surface area contributed by atoms with Crippen molar-refractivity contribution in [1.82, 2.24) is 15.1 Å². The molecule has 1 aromatic rings. The van der Waals surface area contributed by atoms with Gasteiger partial charge in [-0.3, -0.25) is 4.90 Å². The second-order valence-electron chi connectivity index (χ2n) is 7.92. The van der Waals surface area contributed by atoms with E-state index in [4.69, 9.17) is 4.74 Å². The lowest BCUT2D eigenvalue weighted by atomic mass is 10.0. The molecule has 1 saturated carbocycles. The number of piperidine rings is 1. The lowest BCUT2D eigenvalue weighted by Crippen LogP contribution is -2.54. The van der Waals surface area contributed by atoms with Gasteiger partial charge in [-0.1, -0.05) is 18.2 Å². The maximum Gasteiger partial charge on any atom is 0.317 e. The summed E-state index contributed by atoms with van der Waals surface area (Å²) in [6.45, 7) is 4.78. The summed E-state index contributed by atoms with van der Waals surface area (Å²) < 4.78 is 6.29. The molecule has 5 nitrogen and oxygen atoms in total. The molecule has 1 aliphatic carbocycles. The highest BCUT2D eigenvalue weighted by atomic mass is 16.5. The Hall–Kier alpha value is -1.75. The van der Waals surface area contributed by atoms with Crippen LogP contribution in [0, 0.1) is 0 Å². The van der Waals surface area contributed by atoms with Crippen molar-refractivity contribution >= 4 is 6.03 Å². The molecule has 142 valence electrons. The minimum absolute atomic E-state index is 0.130. The summed E-state index contributed by atoms with van der Waals surface area (Å²) >= 11 is 0. The van der Waals surface area contributed by atoms with Crippen molar-refractivity contribution in [2.45, 2.75) is 63.6 Å². The first-order valence-electron chi connectivity index (χ1n) is 10.3. The molecule has 26 heavy (non-hydrogen) atoms. The number of para-hydroxylation sites is 1. The van der Waals surface area contributed by atoms with E-state index in [1.165, 1.54) is 31.2 Å². The third-order valence-electron chi connectivity index (χ3n) is 6.07. The van der Waals surface area contributed by atoms with Gasteiger partial charge in [0.05, 0.1) is 6.10 Å². The molecule has 0 bridgehead atoms. The Morgan fingerprint density at radius 1 is 1.00 bits per heavy atom. The summed E-state index contributed by atoms with van der Waals surface area (Å²) in [4.78, 5) is 16.6. The van der Waals surface area contributed by atoms with Crippen LogP contribution in [0.15, 0.2) is 24.3 Å². The van der Waals surface area contributed by atoms with Crippen LogP contribution in [-0.2, 0) is 6.54 Å². The first-order valence-corrected chi connectivity index (χ1v) is 10.3. The number of nitrogens with one attached hydrogen (secondary N) is 1. The largest absolute Gasteiger partial charge is 0.490 e. The van der Waals surface area contributed by atoms with Crippen molar-refractivity contribution in [2.24, 2.45) is 0 Å². The van der Waals surface area contributed by atoms with E-state index in [1.54, 1.807) is 0 Å². The van der Waals surface area contributed by atoms with Gasteiger partial charge in [-0.05, 0) is 51.0 Å². The van der Waals surface area contributed by atoms with Gasteiger partial charge >= 0.3 is 6.03 Å². The van der Waals surface area contributed by atoms with Crippen LogP contribution >= 0.6 is 0 Å². The zero-order valence-corrected chi connectivity index (χ0v) is 15.7. The Bertz CT molecular complexity index is 607. The molecule has 2 aliphatic heterocycles. The molecule has 0 aromatic heterocycles. The molecule has 2 saturated heterocycles. The highest BCUT2D eigenvalue weighted by molar-refractivity contribution is 5.75. The Kier molecular flexibility index (Phi) is 5.63. The van der Waals surface area contributed by atoms with Gasteiger partial charge in [-0.25, -0.2) is 4.79 Å². The smallest absolute Gasteiger partial charge is 0.317 e. The zero-order valence-electron chi connectivity index (χ0n) is 15.7. The Balaban J connectivity index is 1.32. The van der Waals surface area contributed by atoms with E-state index in [0.29, 0.717) is 12.1 Å². The molecule has 2 heterocycles. The van der Waals surface area contributed by atoms with Crippen molar-refractivity contribution in [2.75, 3.05) is 26.2 Å². The number of urea groups is 1. The molecule has 3 aliphatic rings. The number of carbonyl (C=O) groups excluding carboxylic acids is 1. The van der Waals surface area contributed by atoms with Crippen LogP contribution in [0.25, 0.3) is 0 Å². The molecular weight excluding hydrogens is 326 g/mol. The van der Waals surface area contributed by atoms with Crippen molar-refractivity contribution in [3.05, 3.63) is 29.8 Å². The first kappa shape index (κ1) is 17.7. The monoisotopic (exact) mass is 357 g/mol. The molecule has 0 radical (unpaired) electrons. The highest BCUT2D eigenvalue weighted by Crippen LogP contribution is 2.28. The van der Waals surface area contributed by atoms with Crippen molar-refractivity contribution in [1.29, 1.82) is 0 Å². The van der Waals surface area contributed by atoms with Crippen LogP contribution < -0.4 is 10.1 Å². The summed E-state index contributed by atoms with van der Waals surface area (Å²) in [6, 6.07) is 9.05. The second kappa shape index (κ2) is 8.30. The fourth-order valence-corrected chi connectivity index (χ4v) is 4.56. The van der Waals surface area contributed by atoms with E-state index in [-0.39, 0.29) is 6.03 Å². The number of carbonyl (C=O) groups is 1. The Labute approximate surface area is 156 Å². The average Bonchev–Trinajstić information content (AvgIpc) is 3.18. The van der Waals surface area contributed by atoms with Gasteiger partial charge in [0, 0.05) is 44.3 Å². The first-order chi connectivity index (χ1) is 12.8. The molecule has 3 fully saturated rings. The quantitative estimate of drug-likeness (QED) is 0.879. The molecule has 1 aromatic carbocycles. The van der Waals surface area contributed by atoms with E-state index in [2.05, 4.69) is 39.4 Å². The van der Waals surface area contributed by atoms with Gasteiger partial charge in [-0.2, -0.15) is 0 Å². The molecule has 5 heteroatoms. The number of nitrogens with zero attached hydrogens (tertiary/aromatic N) is 2. The molecule has 0 unspecified atom stereocenters. The third-order valence-corrected chi connectivity index (χ3v) is 6.07. The molecule has 0 spiro atoms. The van der Waals surface area contributed by atoms with Crippen LogP contribution in [0.3, 0.4) is 0 Å². The van der Waals surface area contributed by atoms with Crippen molar-refractivity contribution < 1.29 is 9.53 Å². The van der Waals surface area contributed by atoms with Crippen molar-refractivity contribution in [3.8, 4) is 5.75 Å². The Morgan fingerprint density at radius 3 is 2.54 bits per heavy atom. The fourth-order valence-electron chi connectivity index (χ4n) is 4.56. The van der Waals surface area contributed by atoms with Crippen LogP contribution in [0.2, 0.25) is 0 Å². The predicted molar refractivity (Wildman–Crippen MR) is 102 cm³/mol. The SMILES string of the molecule is O=C1NCCCN1C1CCN(Cc2ccccc2OC2CCCC2)CC1. The predicted octanol–water partition coefficient (Wildman–Crippen LogP) is 3.39. The number of hydrogen-bond donors (Lipinski definition) is 1. The summed E-state index contributed by atoms with van der Waals surface area (Å²) in [6.07, 6.45) is 8.58. The van der Waals surface area contributed by atoms with Gasteiger partial charge in [0.25, 0.3) is 0 Å². The minimum Gasteiger partial charge on any atom is -0.490 e. The van der Waals surface area contributed by atoms with Crippen LogP contribution in [0.5, 0.6) is 5.75 Å². The number of likely N-dealkylation sites (tertiary alicyclic amines) is 1. The normalized spacial score (nSPS) is 23.2. The molecular formula is C21H31N3O2. The van der Waals surface area contributed by atoms with Gasteiger partial charge in [-0.15, -0.1) is 0 Å². The zero-order chi connectivity index (χ0) is 17.8. The van der Waals surface area contributed by atoms with Gasteiger partial charge in [0.2, 0.25) is 0 Å². The lowest BCUT2D eigenvalue weighted by Gasteiger charge is -2.40. The molecule has 4 rings (SSSR count). The topological polar surface area (TPSA) is 44.8 Å². The number of ether oxygens (including phenoxy) is 1. The van der Waals surface area contributed by atoms with Crippen molar-refractivity contribution in [3.63, 3.8) is 0 Å². The summed E-state index contributed by atoms with van der Waals surface area (Å²) in [5.41, 5.74) is 1.30. The molecule has 0 atom stereocenters. The average molecular weight is 357 g/mol. The van der Waals surface area contributed by atoms with Crippen LogP contribution in [-0.4, -0.2) is 54.2 Å². The van der Waals surface area contributed by atoms with E-state index in [0.717, 1.165) is 57.7 Å². The fraction of sp³-hybridized carbons (Fsp3) is 0.667. The maximum atomic E-state index is 12.1. The lowest BCUT2D eigenvalue weighted by molar-refractivity contribution is 0.108. The summed E-state index contributed by atoms with van der Waals surface area (Å²) in [5.74, 6) is 1.07. The van der Waals surface area contributed by atoms with Crippen LogP contribution in [0.1, 0.15) is 50.5 Å². The van der Waals surface area contributed by atoms with Gasteiger partial charge < -0.3 is 15.0 Å². The van der Waals surface area contributed by atoms with Crippen LogP contribution in [0.4, 0.5) is 4.79 Å². The maximum absolute atomic E-state index is 12.1. The van der Waals surface area contributed by atoms with Gasteiger partial charge in [0.15, 0.2) is 0 Å². The van der Waals surface area contributed by atoms with E-state index < -0.39 is 0 Å². The standard InChI is InChI=1S/C21H31N3O2/c25-21-22-12-5-13-24(21)18-10-14-23(15-11-18)16-17-6-1-4-9-20(17)26-19-7-2-3-8-19/h1,4,6,9,18-19H,2-3,5,7-8,10-16H2,(H,22,25). The van der Waals surface area contributed by atoms with E-state index in [1.807, 2.05) is 0 Å². The number of amides is 2. The third kappa shape index (κ3) is 4.14. The number of hydrogen-bond acceptors (Lipinski definition) is 3.